The van der Waals surface area contributed by atoms with E-state index >= 15 is 0 Å². The van der Waals surface area contributed by atoms with Crippen molar-refractivity contribution >= 4 is 16.9 Å². The van der Waals surface area contributed by atoms with Gasteiger partial charge in [0.2, 0.25) is 0 Å². The molecule has 28 heavy (non-hydrogen) atoms. The fourth-order valence-electron chi connectivity index (χ4n) is 3.86. The molecule has 2 atom stereocenters. The second-order valence-corrected chi connectivity index (χ2v) is 7.87. The maximum atomic E-state index is 13.5. The number of rotatable bonds is 7. The van der Waals surface area contributed by atoms with Crippen LogP contribution < -0.4 is 5.32 Å². The number of halogens is 2. The van der Waals surface area contributed by atoms with Crippen molar-refractivity contribution in [3.8, 4) is 0 Å². The Balaban J connectivity index is 1.98. The number of hydrogen-bond acceptors (Lipinski definition) is 4. The molecule has 1 aromatic carbocycles. The van der Waals surface area contributed by atoms with E-state index in [4.69, 9.17) is 0 Å². The van der Waals surface area contributed by atoms with Crippen molar-refractivity contribution < 1.29 is 18.7 Å². The van der Waals surface area contributed by atoms with E-state index in [1.54, 1.807) is 29.2 Å². The van der Waals surface area contributed by atoms with Crippen molar-refractivity contribution in [2.75, 3.05) is 26.2 Å². The number of nitrogens with one attached hydrogen (secondary N) is 1. The highest BCUT2D eigenvalue weighted by Crippen LogP contribution is 2.23. The summed E-state index contributed by atoms with van der Waals surface area (Å²) in [4.78, 5) is 19.6. The minimum atomic E-state index is -2.59. The standard InChI is InChI=1S/C20H28F2N4O2/c1-13(2)10-25(15-7-14(12-27)8-23-9-15)20(28)19-24-16-5-3-4-6-17(16)26(19)11-18(21)22/h3-6,13-15,18,23,27H,7-12H2,1-2H3/t14-,15+/m1/s1. The lowest BCUT2D eigenvalue weighted by Crippen LogP contribution is -2.53. The van der Waals surface area contributed by atoms with Crippen LogP contribution in [0.4, 0.5) is 8.78 Å². The predicted molar refractivity (Wildman–Crippen MR) is 103 cm³/mol. The van der Waals surface area contributed by atoms with Crippen molar-refractivity contribution in [2.45, 2.75) is 39.3 Å². The lowest BCUT2D eigenvalue weighted by atomic mass is 9.94. The van der Waals surface area contributed by atoms with Crippen LogP contribution in [0.5, 0.6) is 0 Å². The number of piperidine rings is 1. The molecule has 1 aliphatic heterocycles. The van der Waals surface area contributed by atoms with Gasteiger partial charge in [-0.15, -0.1) is 0 Å². The summed E-state index contributed by atoms with van der Waals surface area (Å²) in [6, 6.07) is 6.85. The number of aliphatic hydroxyl groups excluding tert-OH is 1. The van der Waals surface area contributed by atoms with Crippen molar-refractivity contribution in [3.63, 3.8) is 0 Å². The lowest BCUT2D eigenvalue weighted by Gasteiger charge is -2.38. The first-order valence-corrected chi connectivity index (χ1v) is 9.76. The Kier molecular flexibility index (Phi) is 6.61. The molecule has 1 fully saturated rings. The molecule has 2 heterocycles. The topological polar surface area (TPSA) is 70.4 Å². The maximum Gasteiger partial charge on any atom is 0.290 e. The number of nitrogens with zero attached hydrogens (tertiary/aromatic N) is 3. The first-order valence-electron chi connectivity index (χ1n) is 9.76. The Labute approximate surface area is 163 Å². The monoisotopic (exact) mass is 394 g/mol. The third-order valence-corrected chi connectivity index (χ3v) is 5.11. The fraction of sp³-hybridized carbons (Fsp3) is 0.600. The SMILES string of the molecule is CC(C)CN(C(=O)c1nc2ccccc2n1CC(F)F)[C@@H]1CNC[C@H](CO)C1. The van der Waals surface area contributed by atoms with E-state index in [1.165, 1.54) is 4.57 Å². The van der Waals surface area contributed by atoms with E-state index in [0.717, 1.165) is 0 Å². The summed E-state index contributed by atoms with van der Waals surface area (Å²) in [5.41, 5.74) is 1.07. The fourth-order valence-corrected chi connectivity index (χ4v) is 3.86. The van der Waals surface area contributed by atoms with E-state index in [9.17, 15) is 18.7 Å². The Bertz CT molecular complexity index is 809. The molecule has 0 spiro atoms. The van der Waals surface area contributed by atoms with Crippen LogP contribution in [0.1, 0.15) is 30.9 Å². The highest BCUT2D eigenvalue weighted by Gasteiger charge is 2.33. The van der Waals surface area contributed by atoms with Crippen molar-refractivity contribution in [2.24, 2.45) is 11.8 Å². The molecule has 1 aromatic heterocycles. The number of alkyl halides is 2. The highest BCUT2D eigenvalue weighted by atomic mass is 19.3. The number of aliphatic hydroxyl groups is 1. The maximum absolute atomic E-state index is 13.5. The summed E-state index contributed by atoms with van der Waals surface area (Å²) < 4.78 is 27.8. The molecule has 1 saturated heterocycles. The predicted octanol–water partition coefficient (Wildman–Crippen LogP) is 2.37. The molecule has 3 rings (SSSR count). The van der Waals surface area contributed by atoms with Gasteiger partial charge in [0.15, 0.2) is 5.82 Å². The van der Waals surface area contributed by atoms with Gasteiger partial charge < -0.3 is 19.9 Å². The van der Waals surface area contributed by atoms with Crippen LogP contribution in [0.25, 0.3) is 11.0 Å². The van der Waals surface area contributed by atoms with Crippen LogP contribution in [0.3, 0.4) is 0 Å². The van der Waals surface area contributed by atoms with Crippen molar-refractivity contribution in [3.05, 3.63) is 30.1 Å². The van der Waals surface area contributed by atoms with Crippen LogP contribution in [-0.4, -0.2) is 64.2 Å². The van der Waals surface area contributed by atoms with Crippen molar-refractivity contribution in [1.82, 2.24) is 19.8 Å². The number of imidazole rings is 1. The summed E-state index contributed by atoms with van der Waals surface area (Å²) in [5, 5.41) is 12.8. The van der Waals surface area contributed by atoms with Gasteiger partial charge in [-0.05, 0) is 30.4 Å². The second-order valence-electron chi connectivity index (χ2n) is 7.87. The summed E-state index contributed by atoms with van der Waals surface area (Å²) in [5.74, 6) is -0.00307. The third kappa shape index (κ3) is 4.50. The number of aromatic nitrogens is 2. The second kappa shape index (κ2) is 8.96. The summed E-state index contributed by atoms with van der Waals surface area (Å²) in [6.07, 6.45) is -1.91. The van der Waals surface area contributed by atoms with Crippen LogP contribution in [0.2, 0.25) is 0 Å². The molecule has 0 bridgehead atoms. The number of carbonyl (C=O) groups excluding carboxylic acids is 1. The van der Waals surface area contributed by atoms with E-state index in [0.29, 0.717) is 37.1 Å². The highest BCUT2D eigenvalue weighted by molar-refractivity contribution is 5.95. The van der Waals surface area contributed by atoms with Gasteiger partial charge in [0.25, 0.3) is 12.3 Å². The van der Waals surface area contributed by atoms with Gasteiger partial charge in [-0.1, -0.05) is 26.0 Å². The molecular formula is C20H28F2N4O2. The lowest BCUT2D eigenvalue weighted by molar-refractivity contribution is 0.0531. The molecule has 8 heteroatoms. The number of benzene rings is 1. The van der Waals surface area contributed by atoms with Gasteiger partial charge in [-0.25, -0.2) is 13.8 Å². The van der Waals surface area contributed by atoms with Crippen LogP contribution in [0, 0.1) is 11.8 Å². The zero-order chi connectivity index (χ0) is 20.3. The first kappa shape index (κ1) is 20.7. The largest absolute Gasteiger partial charge is 0.396 e. The van der Waals surface area contributed by atoms with Gasteiger partial charge in [-0.2, -0.15) is 0 Å². The Morgan fingerprint density at radius 1 is 1.36 bits per heavy atom. The molecule has 0 unspecified atom stereocenters. The molecule has 0 saturated carbocycles. The molecule has 2 aromatic rings. The average Bonchev–Trinajstić information content (AvgIpc) is 3.03. The van der Waals surface area contributed by atoms with Crippen LogP contribution in [0.15, 0.2) is 24.3 Å². The van der Waals surface area contributed by atoms with Gasteiger partial charge in [0, 0.05) is 32.3 Å². The molecule has 1 amide bonds. The smallest absolute Gasteiger partial charge is 0.290 e. The van der Waals surface area contributed by atoms with E-state index in [1.807, 2.05) is 13.8 Å². The quantitative estimate of drug-likeness (QED) is 0.757. The van der Waals surface area contributed by atoms with E-state index in [-0.39, 0.29) is 36.2 Å². The van der Waals surface area contributed by atoms with Crippen molar-refractivity contribution in [1.29, 1.82) is 0 Å². The van der Waals surface area contributed by atoms with Gasteiger partial charge in [0.1, 0.15) is 0 Å². The van der Waals surface area contributed by atoms with Gasteiger partial charge >= 0.3 is 0 Å². The minimum absolute atomic E-state index is 0.0493. The number of para-hydroxylation sites is 2. The Morgan fingerprint density at radius 2 is 2.11 bits per heavy atom. The normalized spacial score (nSPS) is 20.2. The number of amides is 1. The van der Waals surface area contributed by atoms with Crippen LogP contribution in [-0.2, 0) is 6.54 Å². The Hall–Kier alpha value is -2.06. The number of carbonyl (C=O) groups is 1. The molecule has 6 nitrogen and oxygen atoms in total. The van der Waals surface area contributed by atoms with E-state index < -0.39 is 13.0 Å². The molecule has 0 radical (unpaired) electrons. The van der Waals surface area contributed by atoms with E-state index in [2.05, 4.69) is 10.3 Å². The summed E-state index contributed by atoms with van der Waals surface area (Å²) in [6.45, 7) is 5.34. The number of fused-ring (bicyclic) bond motifs is 1. The van der Waals surface area contributed by atoms with Gasteiger partial charge in [-0.3, -0.25) is 4.79 Å². The third-order valence-electron chi connectivity index (χ3n) is 5.11. The molecule has 0 aliphatic carbocycles. The van der Waals surface area contributed by atoms with Crippen LogP contribution >= 0.6 is 0 Å². The molecule has 2 N–H and O–H groups in total. The molecule has 154 valence electrons. The van der Waals surface area contributed by atoms with Gasteiger partial charge in [0.05, 0.1) is 17.6 Å². The zero-order valence-corrected chi connectivity index (χ0v) is 16.3. The summed E-state index contributed by atoms with van der Waals surface area (Å²) in [7, 11) is 0. The Morgan fingerprint density at radius 3 is 2.79 bits per heavy atom. The molecule has 1 aliphatic rings. The summed E-state index contributed by atoms with van der Waals surface area (Å²) >= 11 is 0. The number of hydrogen-bond donors (Lipinski definition) is 2. The zero-order valence-electron chi connectivity index (χ0n) is 16.3. The molecular weight excluding hydrogens is 366 g/mol. The first-order chi connectivity index (χ1) is 13.4. The average molecular weight is 394 g/mol. The minimum Gasteiger partial charge on any atom is -0.396 e.